The monoisotopic (exact) mass is 282 g/mol. The second kappa shape index (κ2) is 5.57. The smallest absolute Gasteiger partial charge is 0.142 e. The van der Waals surface area contributed by atoms with E-state index in [9.17, 15) is 0 Å². The van der Waals surface area contributed by atoms with Gasteiger partial charge in [0.1, 0.15) is 11.4 Å². The lowest BCUT2D eigenvalue weighted by molar-refractivity contribution is 0.404. The third-order valence-electron chi connectivity index (χ3n) is 2.62. The predicted molar refractivity (Wildman–Crippen MR) is 73.3 cm³/mol. The summed E-state index contributed by atoms with van der Waals surface area (Å²) in [4.78, 5) is 4.25. The van der Waals surface area contributed by atoms with Gasteiger partial charge >= 0.3 is 0 Å². The molecule has 1 atom stereocenters. The van der Waals surface area contributed by atoms with E-state index in [0.29, 0.717) is 21.5 Å². The summed E-state index contributed by atoms with van der Waals surface area (Å²) in [6, 6.07) is 8.49. The Morgan fingerprint density at radius 1 is 1.22 bits per heavy atom. The fraction of sp³-hybridized carbons (Fsp3) is 0.154. The van der Waals surface area contributed by atoms with Crippen molar-refractivity contribution >= 4 is 23.2 Å². The van der Waals surface area contributed by atoms with Crippen LogP contribution in [0.3, 0.4) is 0 Å². The van der Waals surface area contributed by atoms with Crippen LogP contribution in [0.5, 0.6) is 5.75 Å². The molecule has 5 heteroatoms. The molecule has 1 aromatic heterocycles. The van der Waals surface area contributed by atoms with Crippen molar-refractivity contribution in [3.8, 4) is 5.75 Å². The second-order valence-electron chi connectivity index (χ2n) is 3.74. The first-order chi connectivity index (χ1) is 8.63. The SMILES string of the molecule is COc1cccnc1C(N)c1ccc(Cl)c(Cl)c1. The van der Waals surface area contributed by atoms with E-state index in [2.05, 4.69) is 4.98 Å². The molecule has 0 aliphatic heterocycles. The first kappa shape index (κ1) is 13.1. The molecule has 0 bridgehead atoms. The van der Waals surface area contributed by atoms with Crippen LogP contribution < -0.4 is 10.5 Å². The summed E-state index contributed by atoms with van der Waals surface area (Å²) in [5, 5.41) is 0.972. The molecule has 0 aliphatic rings. The Morgan fingerprint density at radius 3 is 2.67 bits per heavy atom. The molecule has 2 aromatic rings. The fourth-order valence-electron chi connectivity index (χ4n) is 1.67. The van der Waals surface area contributed by atoms with Gasteiger partial charge in [-0.2, -0.15) is 0 Å². The van der Waals surface area contributed by atoms with Gasteiger partial charge in [-0.1, -0.05) is 29.3 Å². The van der Waals surface area contributed by atoms with Crippen LogP contribution >= 0.6 is 23.2 Å². The highest BCUT2D eigenvalue weighted by Gasteiger charge is 2.16. The Balaban J connectivity index is 2.41. The standard InChI is InChI=1S/C13H12Cl2N2O/c1-18-11-3-2-6-17-13(11)12(16)8-4-5-9(14)10(15)7-8/h2-7,12H,16H2,1H3. The number of ether oxygens (including phenoxy) is 1. The van der Waals surface area contributed by atoms with Crippen LogP contribution in [0.4, 0.5) is 0 Å². The van der Waals surface area contributed by atoms with Gasteiger partial charge in [0.2, 0.25) is 0 Å². The van der Waals surface area contributed by atoms with E-state index < -0.39 is 6.04 Å². The average molecular weight is 283 g/mol. The molecule has 2 N–H and O–H groups in total. The van der Waals surface area contributed by atoms with Gasteiger partial charge in [0.25, 0.3) is 0 Å². The molecule has 1 aromatic carbocycles. The zero-order valence-electron chi connectivity index (χ0n) is 9.73. The molecule has 0 saturated carbocycles. The molecule has 0 fully saturated rings. The van der Waals surface area contributed by atoms with Gasteiger partial charge < -0.3 is 10.5 Å². The zero-order chi connectivity index (χ0) is 13.1. The Hall–Kier alpha value is -1.29. The Morgan fingerprint density at radius 2 is 2.00 bits per heavy atom. The van der Waals surface area contributed by atoms with Crippen molar-refractivity contribution in [3.63, 3.8) is 0 Å². The molecular formula is C13H12Cl2N2O. The number of rotatable bonds is 3. The van der Waals surface area contributed by atoms with E-state index in [1.807, 2.05) is 12.1 Å². The topological polar surface area (TPSA) is 48.1 Å². The number of nitrogens with two attached hydrogens (primary N) is 1. The fourth-order valence-corrected chi connectivity index (χ4v) is 1.98. The van der Waals surface area contributed by atoms with Crippen molar-refractivity contribution in [2.24, 2.45) is 5.73 Å². The maximum absolute atomic E-state index is 6.17. The van der Waals surface area contributed by atoms with E-state index in [-0.39, 0.29) is 0 Å². The van der Waals surface area contributed by atoms with Crippen LogP contribution in [0.1, 0.15) is 17.3 Å². The first-order valence-electron chi connectivity index (χ1n) is 5.33. The molecule has 18 heavy (non-hydrogen) atoms. The summed E-state index contributed by atoms with van der Waals surface area (Å²) in [6.07, 6.45) is 1.68. The van der Waals surface area contributed by atoms with Gasteiger partial charge in [0.15, 0.2) is 0 Å². The van der Waals surface area contributed by atoms with Crippen molar-refractivity contribution < 1.29 is 4.74 Å². The van der Waals surface area contributed by atoms with Gasteiger partial charge in [0, 0.05) is 6.20 Å². The van der Waals surface area contributed by atoms with Crippen LogP contribution in [0.15, 0.2) is 36.5 Å². The number of halogens is 2. The number of aromatic nitrogens is 1. The summed E-state index contributed by atoms with van der Waals surface area (Å²) >= 11 is 11.9. The van der Waals surface area contributed by atoms with E-state index in [0.717, 1.165) is 5.56 Å². The molecule has 0 radical (unpaired) electrons. The van der Waals surface area contributed by atoms with E-state index in [1.165, 1.54) is 0 Å². The number of hydrogen-bond donors (Lipinski definition) is 1. The lowest BCUT2D eigenvalue weighted by atomic mass is 10.0. The lowest BCUT2D eigenvalue weighted by Crippen LogP contribution is -2.14. The Labute approximate surface area is 115 Å². The van der Waals surface area contributed by atoms with Crippen molar-refractivity contribution in [2.45, 2.75) is 6.04 Å². The van der Waals surface area contributed by atoms with Crippen LogP contribution in [0.2, 0.25) is 10.0 Å². The van der Waals surface area contributed by atoms with Crippen molar-refractivity contribution in [3.05, 3.63) is 57.8 Å². The molecule has 3 nitrogen and oxygen atoms in total. The summed E-state index contributed by atoms with van der Waals surface area (Å²) in [5.41, 5.74) is 7.67. The maximum Gasteiger partial charge on any atom is 0.142 e. The molecule has 0 aliphatic carbocycles. The van der Waals surface area contributed by atoms with Gasteiger partial charge in [-0.25, -0.2) is 0 Å². The zero-order valence-corrected chi connectivity index (χ0v) is 11.2. The highest BCUT2D eigenvalue weighted by molar-refractivity contribution is 6.42. The van der Waals surface area contributed by atoms with Gasteiger partial charge in [0.05, 0.1) is 23.2 Å². The number of benzene rings is 1. The van der Waals surface area contributed by atoms with Crippen molar-refractivity contribution in [1.29, 1.82) is 0 Å². The second-order valence-corrected chi connectivity index (χ2v) is 4.56. The average Bonchev–Trinajstić information content (AvgIpc) is 2.41. The summed E-state index contributed by atoms with van der Waals surface area (Å²) in [6.45, 7) is 0. The highest BCUT2D eigenvalue weighted by atomic mass is 35.5. The van der Waals surface area contributed by atoms with Crippen molar-refractivity contribution in [1.82, 2.24) is 4.98 Å². The van der Waals surface area contributed by atoms with Gasteiger partial charge in [-0.3, -0.25) is 4.98 Å². The van der Waals surface area contributed by atoms with Crippen LogP contribution in [0.25, 0.3) is 0 Å². The predicted octanol–water partition coefficient (Wildman–Crippen LogP) is 3.45. The number of hydrogen-bond acceptors (Lipinski definition) is 3. The number of methoxy groups -OCH3 is 1. The van der Waals surface area contributed by atoms with Crippen LogP contribution in [0, 0.1) is 0 Å². The quantitative estimate of drug-likeness (QED) is 0.938. The summed E-state index contributed by atoms with van der Waals surface area (Å²) in [5.74, 6) is 0.649. The number of pyridine rings is 1. The van der Waals surface area contributed by atoms with E-state index in [4.69, 9.17) is 33.7 Å². The minimum atomic E-state index is -0.407. The van der Waals surface area contributed by atoms with Gasteiger partial charge in [-0.05, 0) is 29.8 Å². The largest absolute Gasteiger partial charge is 0.495 e. The molecule has 1 unspecified atom stereocenters. The molecule has 94 valence electrons. The highest BCUT2D eigenvalue weighted by Crippen LogP contribution is 2.30. The Bertz CT molecular complexity index is 560. The third-order valence-corrected chi connectivity index (χ3v) is 3.36. The first-order valence-corrected chi connectivity index (χ1v) is 6.08. The van der Waals surface area contributed by atoms with Crippen LogP contribution in [-0.4, -0.2) is 12.1 Å². The van der Waals surface area contributed by atoms with Crippen LogP contribution in [-0.2, 0) is 0 Å². The normalized spacial score (nSPS) is 12.2. The van der Waals surface area contributed by atoms with Crippen molar-refractivity contribution in [2.75, 3.05) is 7.11 Å². The molecule has 2 rings (SSSR count). The third kappa shape index (κ3) is 2.58. The summed E-state index contributed by atoms with van der Waals surface area (Å²) < 4.78 is 5.24. The summed E-state index contributed by atoms with van der Waals surface area (Å²) in [7, 11) is 1.59. The molecule has 0 saturated heterocycles. The molecule has 0 spiro atoms. The molecular weight excluding hydrogens is 271 g/mol. The molecule has 1 heterocycles. The minimum Gasteiger partial charge on any atom is -0.495 e. The minimum absolute atomic E-state index is 0.407. The van der Waals surface area contributed by atoms with E-state index >= 15 is 0 Å². The lowest BCUT2D eigenvalue weighted by Gasteiger charge is -2.15. The van der Waals surface area contributed by atoms with Gasteiger partial charge in [-0.15, -0.1) is 0 Å². The number of nitrogens with zero attached hydrogens (tertiary/aromatic N) is 1. The maximum atomic E-state index is 6.17. The Kier molecular flexibility index (Phi) is 4.07. The van der Waals surface area contributed by atoms with E-state index in [1.54, 1.807) is 31.5 Å². The molecule has 0 amide bonds.